The van der Waals surface area contributed by atoms with Crippen molar-refractivity contribution < 1.29 is 47.4 Å². The second kappa shape index (κ2) is 12.6. The number of ether oxygens (including phenoxy) is 10. The summed E-state index contributed by atoms with van der Waals surface area (Å²) in [7, 11) is 11.0. The van der Waals surface area contributed by atoms with Gasteiger partial charge in [-0.3, -0.25) is 0 Å². The zero-order valence-electron chi connectivity index (χ0n) is 18.8. The lowest BCUT2D eigenvalue weighted by atomic mass is 9.96. The van der Waals surface area contributed by atoms with Crippen LogP contribution in [0.1, 0.15) is 0 Å². The van der Waals surface area contributed by atoms with Crippen molar-refractivity contribution in [3.05, 3.63) is 0 Å². The molecule has 0 aliphatic carbocycles. The third-order valence-electron chi connectivity index (χ3n) is 5.63. The molecule has 10 atom stereocenters. The summed E-state index contributed by atoms with van der Waals surface area (Å²) >= 11 is 0. The highest BCUT2D eigenvalue weighted by Gasteiger charge is 2.53. The van der Waals surface area contributed by atoms with E-state index in [0.29, 0.717) is 0 Å². The fourth-order valence-electron chi connectivity index (χ4n) is 4.18. The molecule has 11 heteroatoms. The summed E-state index contributed by atoms with van der Waals surface area (Å²) in [6, 6.07) is 0. The Labute approximate surface area is 178 Å². The van der Waals surface area contributed by atoms with Crippen LogP contribution in [-0.2, 0) is 47.4 Å². The summed E-state index contributed by atoms with van der Waals surface area (Å²) in [6.07, 6.45) is -5.52. The van der Waals surface area contributed by atoms with Crippen molar-refractivity contribution in [3.8, 4) is 0 Å². The molecule has 30 heavy (non-hydrogen) atoms. The van der Waals surface area contributed by atoms with E-state index in [-0.39, 0.29) is 13.2 Å². The Kier molecular flexibility index (Phi) is 10.8. The van der Waals surface area contributed by atoms with E-state index in [0.717, 1.165) is 0 Å². The van der Waals surface area contributed by atoms with E-state index in [2.05, 4.69) is 0 Å². The van der Waals surface area contributed by atoms with Crippen molar-refractivity contribution in [2.45, 2.75) is 61.4 Å². The van der Waals surface area contributed by atoms with Crippen LogP contribution in [0.4, 0.5) is 0 Å². The van der Waals surface area contributed by atoms with Gasteiger partial charge in [0.15, 0.2) is 12.6 Å². The molecule has 178 valence electrons. The molecule has 2 saturated heterocycles. The van der Waals surface area contributed by atoms with E-state index in [1.54, 1.807) is 49.8 Å². The Balaban J connectivity index is 2.31. The molecule has 0 radical (unpaired) electrons. The van der Waals surface area contributed by atoms with Gasteiger partial charge in [0, 0.05) is 56.3 Å². The number of hydrogen-bond donors (Lipinski definition) is 1. The molecule has 2 aliphatic rings. The average Bonchev–Trinajstić information content (AvgIpc) is 2.78. The molecular formula is C19H37NO10. The largest absolute Gasteiger partial charge is 0.382 e. The molecule has 0 aromatic carbocycles. The smallest absolute Gasteiger partial charge is 0.187 e. The monoisotopic (exact) mass is 439 g/mol. The van der Waals surface area contributed by atoms with Crippen LogP contribution in [0.15, 0.2) is 0 Å². The number of hydrogen-bond acceptors (Lipinski definition) is 11. The van der Waals surface area contributed by atoms with E-state index in [1.807, 2.05) is 0 Å². The molecule has 0 aromatic heterocycles. The molecule has 2 heterocycles. The van der Waals surface area contributed by atoms with Crippen molar-refractivity contribution >= 4 is 0 Å². The summed E-state index contributed by atoms with van der Waals surface area (Å²) in [4.78, 5) is 0. The van der Waals surface area contributed by atoms with Crippen molar-refractivity contribution in [2.75, 3.05) is 62.9 Å². The molecule has 2 fully saturated rings. The van der Waals surface area contributed by atoms with Crippen molar-refractivity contribution in [3.63, 3.8) is 0 Å². The predicted octanol–water partition coefficient (Wildman–Crippen LogP) is -0.852. The third-order valence-corrected chi connectivity index (χ3v) is 5.63. The highest BCUT2D eigenvalue weighted by molar-refractivity contribution is 4.96. The Morgan fingerprint density at radius 2 is 1.07 bits per heavy atom. The Hall–Kier alpha value is -0.440. The SMILES string of the molecule is COCC1O[C@@H](OC)C(OC)[C@@H](OC)[C@H]1O[C@@H]1OC(CN)[C@H](OC)[C@H](OC)C1OC. The van der Waals surface area contributed by atoms with Crippen LogP contribution in [-0.4, -0.2) is 124 Å². The normalized spacial score (nSPS) is 42.4. The van der Waals surface area contributed by atoms with E-state index < -0.39 is 61.4 Å². The molecule has 0 aromatic rings. The maximum absolute atomic E-state index is 6.38. The van der Waals surface area contributed by atoms with Crippen LogP contribution in [0, 0.1) is 0 Å². The minimum Gasteiger partial charge on any atom is -0.382 e. The minimum absolute atomic E-state index is 0.220. The maximum Gasteiger partial charge on any atom is 0.187 e. The first-order chi connectivity index (χ1) is 14.5. The van der Waals surface area contributed by atoms with Gasteiger partial charge >= 0.3 is 0 Å². The lowest BCUT2D eigenvalue weighted by molar-refractivity contribution is -0.362. The first-order valence-corrected chi connectivity index (χ1v) is 9.87. The average molecular weight is 440 g/mol. The molecular weight excluding hydrogens is 402 g/mol. The maximum atomic E-state index is 6.38. The van der Waals surface area contributed by atoms with Gasteiger partial charge in [0.1, 0.15) is 48.8 Å². The molecule has 0 saturated carbocycles. The van der Waals surface area contributed by atoms with E-state index in [1.165, 1.54) is 0 Å². The number of methoxy groups -OCH3 is 7. The van der Waals surface area contributed by atoms with Crippen molar-refractivity contribution in [1.29, 1.82) is 0 Å². The van der Waals surface area contributed by atoms with Crippen LogP contribution in [0.3, 0.4) is 0 Å². The highest BCUT2D eigenvalue weighted by atomic mass is 16.8. The standard InChI is InChI=1S/C19H37NO10/c1-21-9-11-13(15(24-4)16(25-5)18(27-7)29-11)30-19-17(26-6)14(23-3)12(22-2)10(8-20)28-19/h10-19H,8-9,20H2,1-7H3/t10?,11?,12-,13-,14-,15-,16?,17?,18+,19-/m0/s1. The lowest BCUT2D eigenvalue weighted by Gasteiger charge is -2.49. The summed E-state index contributed by atoms with van der Waals surface area (Å²) < 4.78 is 57.5. The van der Waals surface area contributed by atoms with Crippen LogP contribution < -0.4 is 5.73 Å². The first kappa shape index (κ1) is 25.8. The Bertz CT molecular complexity index is 486. The van der Waals surface area contributed by atoms with Crippen LogP contribution >= 0.6 is 0 Å². The molecule has 11 nitrogen and oxygen atoms in total. The molecule has 0 amide bonds. The number of rotatable bonds is 11. The van der Waals surface area contributed by atoms with E-state index >= 15 is 0 Å². The summed E-state index contributed by atoms with van der Waals surface area (Å²) in [5.74, 6) is 0. The van der Waals surface area contributed by atoms with Crippen LogP contribution in [0.5, 0.6) is 0 Å². The molecule has 2 rings (SSSR count). The fraction of sp³-hybridized carbons (Fsp3) is 1.00. The Morgan fingerprint density at radius 1 is 0.567 bits per heavy atom. The second-order valence-corrected chi connectivity index (χ2v) is 7.11. The van der Waals surface area contributed by atoms with Gasteiger partial charge in [0.2, 0.25) is 0 Å². The van der Waals surface area contributed by atoms with E-state index in [4.69, 9.17) is 53.1 Å². The molecule has 2 N–H and O–H groups in total. The van der Waals surface area contributed by atoms with Gasteiger partial charge in [-0.25, -0.2) is 0 Å². The summed E-state index contributed by atoms with van der Waals surface area (Å²) in [5, 5.41) is 0. The first-order valence-electron chi connectivity index (χ1n) is 9.87. The minimum atomic E-state index is -0.817. The van der Waals surface area contributed by atoms with Gasteiger partial charge in [0.05, 0.1) is 6.61 Å². The quantitative estimate of drug-likeness (QED) is 0.433. The van der Waals surface area contributed by atoms with Crippen LogP contribution in [0.25, 0.3) is 0 Å². The zero-order chi connectivity index (χ0) is 22.3. The summed E-state index contributed by atoms with van der Waals surface area (Å²) in [6.45, 7) is 0.470. The highest BCUT2D eigenvalue weighted by Crippen LogP contribution is 2.33. The van der Waals surface area contributed by atoms with Crippen molar-refractivity contribution in [1.82, 2.24) is 0 Å². The topological polar surface area (TPSA) is 118 Å². The molecule has 2 aliphatic heterocycles. The third kappa shape index (κ3) is 5.30. The van der Waals surface area contributed by atoms with Gasteiger partial charge in [-0.05, 0) is 0 Å². The second-order valence-electron chi connectivity index (χ2n) is 7.11. The molecule has 4 unspecified atom stereocenters. The van der Waals surface area contributed by atoms with Gasteiger partial charge in [-0.1, -0.05) is 0 Å². The van der Waals surface area contributed by atoms with Crippen molar-refractivity contribution in [2.24, 2.45) is 5.73 Å². The number of nitrogens with two attached hydrogens (primary N) is 1. The molecule has 0 bridgehead atoms. The van der Waals surface area contributed by atoms with Gasteiger partial charge in [-0.15, -0.1) is 0 Å². The summed E-state index contributed by atoms with van der Waals surface area (Å²) in [5.41, 5.74) is 5.91. The van der Waals surface area contributed by atoms with Crippen LogP contribution in [0.2, 0.25) is 0 Å². The molecule has 0 spiro atoms. The lowest BCUT2D eigenvalue weighted by Crippen LogP contribution is -2.66. The Morgan fingerprint density at radius 3 is 1.53 bits per heavy atom. The fourth-order valence-corrected chi connectivity index (χ4v) is 4.18. The predicted molar refractivity (Wildman–Crippen MR) is 104 cm³/mol. The van der Waals surface area contributed by atoms with Gasteiger partial charge < -0.3 is 53.1 Å². The zero-order valence-corrected chi connectivity index (χ0v) is 18.8. The van der Waals surface area contributed by atoms with E-state index in [9.17, 15) is 0 Å². The van der Waals surface area contributed by atoms with Gasteiger partial charge in [-0.2, -0.15) is 0 Å². The van der Waals surface area contributed by atoms with Gasteiger partial charge in [0.25, 0.3) is 0 Å².